The number of carbonyl (C=O) groups is 1. The van der Waals surface area contributed by atoms with Gasteiger partial charge in [-0.05, 0) is 36.0 Å². The van der Waals surface area contributed by atoms with Crippen LogP contribution < -0.4 is 11.3 Å². The van der Waals surface area contributed by atoms with Gasteiger partial charge in [-0.1, -0.05) is 56.9 Å². The zero-order valence-electron chi connectivity index (χ0n) is 14.5. The fourth-order valence-corrected chi connectivity index (χ4v) is 2.84. The number of hydrogen-bond donors (Lipinski definition) is 3. The number of nitrogens with one attached hydrogen (secondary N) is 2. The lowest BCUT2D eigenvalue weighted by molar-refractivity contribution is -0.121. The van der Waals surface area contributed by atoms with Gasteiger partial charge in [0.25, 0.3) is 0 Å². The largest absolute Gasteiger partial charge is 0.294 e. The molecule has 2 rings (SSSR count). The number of aryl methyl sites for hydroxylation is 2. The summed E-state index contributed by atoms with van der Waals surface area (Å²) >= 11 is 0. The van der Waals surface area contributed by atoms with Gasteiger partial charge in [0.2, 0.25) is 5.91 Å². The maximum absolute atomic E-state index is 11.3. The monoisotopic (exact) mass is 328 g/mol. The molecule has 2 aromatic rings. The second kappa shape index (κ2) is 9.88. The third-order valence-electron chi connectivity index (χ3n) is 4.31. The van der Waals surface area contributed by atoms with E-state index in [2.05, 4.69) is 46.8 Å². The molecule has 130 valence electrons. The Balaban J connectivity index is 1.91. The number of aromatic nitrogens is 2. The number of hydrazine groups is 1. The van der Waals surface area contributed by atoms with Crippen molar-refractivity contribution in [3.63, 3.8) is 0 Å². The maximum Gasteiger partial charge on any atom is 0.234 e. The van der Waals surface area contributed by atoms with E-state index < -0.39 is 0 Å². The first-order chi connectivity index (χ1) is 11.7. The SMILES string of the molecule is CCCCCCCc1ccc(-c2[nH]ncc2CCC(=O)NN)cc1. The molecule has 5 nitrogen and oxygen atoms in total. The lowest BCUT2D eigenvalue weighted by Crippen LogP contribution is -2.30. The van der Waals surface area contributed by atoms with Crippen LogP contribution in [0.2, 0.25) is 0 Å². The molecule has 1 heterocycles. The Labute approximate surface area is 144 Å². The highest BCUT2D eigenvalue weighted by Gasteiger charge is 2.09. The van der Waals surface area contributed by atoms with Crippen molar-refractivity contribution in [2.75, 3.05) is 0 Å². The number of benzene rings is 1. The Morgan fingerprint density at radius 1 is 1.12 bits per heavy atom. The third-order valence-corrected chi connectivity index (χ3v) is 4.31. The number of nitrogens with zero attached hydrogens (tertiary/aromatic N) is 1. The molecule has 0 aliphatic heterocycles. The van der Waals surface area contributed by atoms with Crippen molar-refractivity contribution in [1.82, 2.24) is 15.6 Å². The highest BCUT2D eigenvalue weighted by Crippen LogP contribution is 2.23. The summed E-state index contributed by atoms with van der Waals surface area (Å²) < 4.78 is 0. The van der Waals surface area contributed by atoms with Gasteiger partial charge in [-0.25, -0.2) is 5.84 Å². The third kappa shape index (κ3) is 5.49. The minimum atomic E-state index is -0.166. The minimum Gasteiger partial charge on any atom is -0.294 e. The fraction of sp³-hybridized carbons (Fsp3) is 0.474. The van der Waals surface area contributed by atoms with E-state index in [-0.39, 0.29) is 5.91 Å². The van der Waals surface area contributed by atoms with Crippen LogP contribution in [0.15, 0.2) is 30.5 Å². The molecule has 0 atom stereocenters. The number of aromatic amines is 1. The lowest BCUT2D eigenvalue weighted by Gasteiger charge is -2.06. The van der Waals surface area contributed by atoms with Gasteiger partial charge in [0, 0.05) is 6.42 Å². The van der Waals surface area contributed by atoms with Crippen molar-refractivity contribution < 1.29 is 4.79 Å². The van der Waals surface area contributed by atoms with Gasteiger partial charge in [0.1, 0.15) is 0 Å². The first-order valence-corrected chi connectivity index (χ1v) is 8.85. The van der Waals surface area contributed by atoms with Crippen LogP contribution in [0.5, 0.6) is 0 Å². The number of carbonyl (C=O) groups excluding carboxylic acids is 1. The molecule has 5 heteroatoms. The molecule has 1 amide bonds. The van der Waals surface area contributed by atoms with Crippen LogP contribution in [0.25, 0.3) is 11.3 Å². The zero-order valence-corrected chi connectivity index (χ0v) is 14.5. The predicted octanol–water partition coefficient (Wildman–Crippen LogP) is 3.51. The van der Waals surface area contributed by atoms with Gasteiger partial charge in [0.05, 0.1) is 11.9 Å². The Kier molecular flexibility index (Phi) is 7.49. The number of unbranched alkanes of at least 4 members (excludes halogenated alkanes) is 4. The summed E-state index contributed by atoms with van der Waals surface area (Å²) in [6.07, 6.45) is 10.4. The average molecular weight is 328 g/mol. The summed E-state index contributed by atoms with van der Waals surface area (Å²) in [5, 5.41) is 7.15. The van der Waals surface area contributed by atoms with Gasteiger partial charge in [-0.3, -0.25) is 15.3 Å². The molecule has 0 radical (unpaired) electrons. The van der Waals surface area contributed by atoms with Crippen LogP contribution in [0.3, 0.4) is 0 Å². The van der Waals surface area contributed by atoms with Crippen molar-refractivity contribution in [3.8, 4) is 11.3 Å². The van der Waals surface area contributed by atoms with Crippen molar-refractivity contribution >= 4 is 5.91 Å². The quantitative estimate of drug-likeness (QED) is 0.270. The van der Waals surface area contributed by atoms with Crippen molar-refractivity contribution in [1.29, 1.82) is 0 Å². The van der Waals surface area contributed by atoms with Gasteiger partial charge in [0.15, 0.2) is 0 Å². The Morgan fingerprint density at radius 2 is 1.88 bits per heavy atom. The second-order valence-electron chi connectivity index (χ2n) is 6.20. The van der Waals surface area contributed by atoms with Gasteiger partial charge < -0.3 is 0 Å². The van der Waals surface area contributed by atoms with Crippen molar-refractivity contribution in [3.05, 3.63) is 41.6 Å². The smallest absolute Gasteiger partial charge is 0.234 e. The summed E-state index contributed by atoms with van der Waals surface area (Å²) in [5.74, 6) is 4.95. The highest BCUT2D eigenvalue weighted by molar-refractivity contribution is 5.76. The molecule has 1 aromatic heterocycles. The van der Waals surface area contributed by atoms with E-state index in [1.807, 2.05) is 0 Å². The van der Waals surface area contributed by atoms with Crippen LogP contribution in [0.1, 0.15) is 56.6 Å². The molecule has 0 aliphatic rings. The number of hydrogen-bond acceptors (Lipinski definition) is 3. The van der Waals surface area contributed by atoms with Gasteiger partial charge >= 0.3 is 0 Å². The van der Waals surface area contributed by atoms with Crippen LogP contribution in [0.4, 0.5) is 0 Å². The molecule has 24 heavy (non-hydrogen) atoms. The van der Waals surface area contributed by atoms with E-state index in [0.29, 0.717) is 12.8 Å². The molecular formula is C19H28N4O. The second-order valence-corrected chi connectivity index (χ2v) is 6.20. The van der Waals surface area contributed by atoms with Crippen LogP contribution in [0, 0.1) is 0 Å². The molecule has 0 fully saturated rings. The molecular weight excluding hydrogens is 300 g/mol. The topological polar surface area (TPSA) is 83.8 Å². The lowest BCUT2D eigenvalue weighted by atomic mass is 10.0. The van der Waals surface area contributed by atoms with Crippen LogP contribution in [-0.2, 0) is 17.6 Å². The Hall–Kier alpha value is -2.14. The number of amides is 1. The summed E-state index contributed by atoms with van der Waals surface area (Å²) in [4.78, 5) is 11.3. The molecule has 4 N–H and O–H groups in total. The Bertz CT molecular complexity index is 619. The standard InChI is InChI=1S/C19H28N4O/c1-2-3-4-5-6-7-15-8-10-16(11-9-15)19-17(14-21-23-19)12-13-18(24)22-20/h8-11,14H,2-7,12-13,20H2,1H3,(H,21,23)(H,22,24). The van der Waals surface area contributed by atoms with Gasteiger partial charge in [-0.2, -0.15) is 5.10 Å². The molecule has 0 spiro atoms. The van der Waals surface area contributed by atoms with Crippen molar-refractivity contribution in [2.24, 2.45) is 5.84 Å². The first-order valence-electron chi connectivity index (χ1n) is 8.85. The van der Waals surface area contributed by atoms with E-state index in [1.165, 1.54) is 37.7 Å². The van der Waals surface area contributed by atoms with Crippen LogP contribution in [-0.4, -0.2) is 16.1 Å². The normalized spacial score (nSPS) is 10.8. The summed E-state index contributed by atoms with van der Waals surface area (Å²) in [6.45, 7) is 2.24. The summed E-state index contributed by atoms with van der Waals surface area (Å²) in [5.41, 5.74) is 6.65. The number of rotatable bonds is 10. The van der Waals surface area contributed by atoms with Gasteiger partial charge in [-0.15, -0.1) is 0 Å². The predicted molar refractivity (Wildman–Crippen MR) is 97.1 cm³/mol. The molecule has 0 bridgehead atoms. The maximum atomic E-state index is 11.3. The summed E-state index contributed by atoms with van der Waals surface area (Å²) in [6, 6.07) is 8.63. The molecule has 0 saturated heterocycles. The fourth-order valence-electron chi connectivity index (χ4n) is 2.84. The molecule has 0 saturated carbocycles. The van der Waals surface area contributed by atoms with E-state index in [4.69, 9.17) is 5.84 Å². The van der Waals surface area contributed by atoms with E-state index in [1.54, 1.807) is 6.20 Å². The molecule has 0 unspecified atom stereocenters. The summed E-state index contributed by atoms with van der Waals surface area (Å²) in [7, 11) is 0. The van der Waals surface area contributed by atoms with E-state index in [0.717, 1.165) is 23.2 Å². The molecule has 0 aliphatic carbocycles. The molecule has 1 aromatic carbocycles. The minimum absolute atomic E-state index is 0.166. The Morgan fingerprint density at radius 3 is 2.58 bits per heavy atom. The van der Waals surface area contributed by atoms with E-state index in [9.17, 15) is 4.79 Å². The first kappa shape index (κ1) is 18.2. The van der Waals surface area contributed by atoms with Crippen molar-refractivity contribution in [2.45, 2.75) is 58.3 Å². The van der Waals surface area contributed by atoms with Crippen LogP contribution >= 0.6 is 0 Å². The number of H-pyrrole nitrogens is 1. The average Bonchev–Trinajstić information content (AvgIpc) is 3.08. The van der Waals surface area contributed by atoms with E-state index >= 15 is 0 Å². The zero-order chi connectivity index (χ0) is 17.2. The number of nitrogens with two attached hydrogens (primary N) is 1. The highest BCUT2D eigenvalue weighted by atomic mass is 16.2.